The van der Waals surface area contributed by atoms with E-state index in [1.807, 2.05) is 81.4 Å². The van der Waals surface area contributed by atoms with Crippen molar-refractivity contribution in [2.45, 2.75) is 45.3 Å². The molecule has 0 radical (unpaired) electrons. The predicted octanol–water partition coefficient (Wildman–Crippen LogP) is 4.67. The molecule has 3 rings (SSSR count). The molecule has 0 bridgehead atoms. The Balaban J connectivity index is 2.06. The van der Waals surface area contributed by atoms with E-state index in [4.69, 9.17) is 16.3 Å². The molecule has 0 aromatic heterocycles. The highest BCUT2D eigenvalue weighted by molar-refractivity contribution is 7.92. The first-order valence-electron chi connectivity index (χ1n) is 12.8. The Hall–Kier alpha value is -3.56. The minimum absolute atomic E-state index is 0.107. The summed E-state index contributed by atoms with van der Waals surface area (Å²) >= 11 is 6.28. The highest BCUT2D eigenvalue weighted by atomic mass is 35.5. The molecule has 1 atom stereocenters. The van der Waals surface area contributed by atoms with Gasteiger partial charge >= 0.3 is 0 Å². The summed E-state index contributed by atoms with van der Waals surface area (Å²) in [6.45, 7) is 5.18. The van der Waals surface area contributed by atoms with Crippen LogP contribution >= 0.6 is 11.6 Å². The van der Waals surface area contributed by atoms with E-state index in [2.05, 4.69) is 5.32 Å². The van der Waals surface area contributed by atoms with Crippen LogP contribution in [0.1, 0.15) is 31.9 Å². The van der Waals surface area contributed by atoms with E-state index in [1.54, 1.807) is 0 Å². The smallest absolute Gasteiger partial charge is 0.244 e. The Morgan fingerprint density at radius 2 is 1.52 bits per heavy atom. The summed E-state index contributed by atoms with van der Waals surface area (Å²) < 4.78 is 32.0. The number of ether oxygens (including phenoxy) is 1. The van der Waals surface area contributed by atoms with Crippen LogP contribution in [0.15, 0.2) is 78.9 Å². The molecular weight excluding hydrogens is 550 g/mol. The number of nitrogens with zero attached hydrogens (tertiary/aromatic N) is 2. The maximum absolute atomic E-state index is 14.1. The second-order valence-electron chi connectivity index (χ2n) is 10.5. The van der Waals surface area contributed by atoms with Gasteiger partial charge in [-0.25, -0.2) is 8.42 Å². The summed E-state index contributed by atoms with van der Waals surface area (Å²) in [4.78, 5) is 29.2. The monoisotopic (exact) mass is 585 g/mol. The molecule has 0 saturated heterocycles. The Morgan fingerprint density at radius 1 is 0.950 bits per heavy atom. The van der Waals surface area contributed by atoms with E-state index >= 15 is 0 Å². The lowest BCUT2D eigenvalue weighted by Crippen LogP contribution is -2.56. The SMILES string of the molecule is COc1ccc(N(CC(=O)N(Cc2ccccc2)[C@H](Cc2ccccc2)C(=O)NC(C)(C)C)S(C)(=O)=O)cc1Cl. The molecule has 0 saturated carbocycles. The van der Waals surface area contributed by atoms with Crippen molar-refractivity contribution in [2.75, 3.05) is 24.2 Å². The number of sulfonamides is 1. The van der Waals surface area contributed by atoms with Gasteiger partial charge in [0.2, 0.25) is 21.8 Å². The van der Waals surface area contributed by atoms with Crippen molar-refractivity contribution in [1.29, 1.82) is 0 Å². The molecule has 10 heteroatoms. The molecule has 2 amide bonds. The van der Waals surface area contributed by atoms with Gasteiger partial charge in [0.25, 0.3) is 0 Å². The predicted molar refractivity (Wildman–Crippen MR) is 159 cm³/mol. The number of anilines is 1. The molecule has 0 unspecified atom stereocenters. The molecule has 40 heavy (non-hydrogen) atoms. The van der Waals surface area contributed by atoms with Crippen molar-refractivity contribution in [2.24, 2.45) is 0 Å². The van der Waals surface area contributed by atoms with Crippen LogP contribution in [-0.4, -0.2) is 56.6 Å². The minimum Gasteiger partial charge on any atom is -0.495 e. The van der Waals surface area contributed by atoms with Crippen molar-refractivity contribution in [3.63, 3.8) is 0 Å². The van der Waals surface area contributed by atoms with Crippen LogP contribution in [0.5, 0.6) is 5.75 Å². The van der Waals surface area contributed by atoms with E-state index in [9.17, 15) is 18.0 Å². The lowest BCUT2D eigenvalue weighted by molar-refractivity contribution is -0.140. The average molecular weight is 586 g/mol. The van der Waals surface area contributed by atoms with Gasteiger partial charge in [-0.3, -0.25) is 13.9 Å². The van der Waals surface area contributed by atoms with E-state index in [1.165, 1.54) is 30.2 Å². The van der Waals surface area contributed by atoms with Crippen molar-refractivity contribution in [3.8, 4) is 5.75 Å². The molecule has 0 fully saturated rings. The molecule has 0 spiro atoms. The lowest BCUT2D eigenvalue weighted by atomic mass is 10.0. The van der Waals surface area contributed by atoms with Crippen LogP contribution in [0.25, 0.3) is 0 Å². The molecule has 3 aromatic rings. The largest absolute Gasteiger partial charge is 0.495 e. The molecule has 0 heterocycles. The number of hydrogen-bond donors (Lipinski definition) is 1. The van der Waals surface area contributed by atoms with Crippen molar-refractivity contribution < 1.29 is 22.7 Å². The molecule has 0 aliphatic carbocycles. The van der Waals surface area contributed by atoms with E-state index in [0.29, 0.717) is 5.75 Å². The van der Waals surface area contributed by atoms with Crippen LogP contribution < -0.4 is 14.4 Å². The number of methoxy groups -OCH3 is 1. The number of rotatable bonds is 11. The molecule has 214 valence electrons. The molecule has 0 aliphatic rings. The van der Waals surface area contributed by atoms with Crippen LogP contribution in [0.3, 0.4) is 0 Å². The third-order valence-corrected chi connectivity index (χ3v) is 7.50. The fourth-order valence-electron chi connectivity index (χ4n) is 4.21. The summed E-state index contributed by atoms with van der Waals surface area (Å²) in [5.74, 6) is -0.497. The highest BCUT2D eigenvalue weighted by Crippen LogP contribution is 2.30. The first-order chi connectivity index (χ1) is 18.8. The van der Waals surface area contributed by atoms with Gasteiger partial charge in [0, 0.05) is 18.5 Å². The summed E-state index contributed by atoms with van der Waals surface area (Å²) in [7, 11) is -2.45. The Kier molecular flexibility index (Phi) is 10.2. The molecule has 3 aromatic carbocycles. The molecule has 1 N–H and O–H groups in total. The van der Waals surface area contributed by atoms with Crippen LogP contribution in [0.2, 0.25) is 5.02 Å². The standard InChI is InChI=1S/C30H36ClN3O5S/c1-30(2,3)32-29(36)26(18-22-12-8-6-9-13-22)33(20-23-14-10-7-11-15-23)28(35)21-34(40(5,37)38)24-16-17-27(39-4)25(31)19-24/h6-17,19,26H,18,20-21H2,1-5H3,(H,32,36)/t26-/m1/s1. The minimum atomic E-state index is -3.90. The number of nitrogens with one attached hydrogen (secondary N) is 1. The van der Waals surface area contributed by atoms with E-state index < -0.39 is 34.1 Å². The fourth-order valence-corrected chi connectivity index (χ4v) is 5.30. The number of carbonyl (C=O) groups is 2. The fraction of sp³-hybridized carbons (Fsp3) is 0.333. The van der Waals surface area contributed by atoms with Gasteiger partial charge in [-0.05, 0) is 50.1 Å². The zero-order chi connectivity index (χ0) is 29.5. The summed E-state index contributed by atoms with van der Waals surface area (Å²) in [5.41, 5.74) is 1.33. The van der Waals surface area contributed by atoms with Gasteiger partial charge in [-0.2, -0.15) is 0 Å². The van der Waals surface area contributed by atoms with Gasteiger partial charge in [0.1, 0.15) is 18.3 Å². The van der Waals surface area contributed by atoms with Gasteiger partial charge < -0.3 is 15.0 Å². The second kappa shape index (κ2) is 13.2. The number of carbonyl (C=O) groups excluding carboxylic acids is 2. The summed E-state index contributed by atoms with van der Waals surface area (Å²) in [6, 6.07) is 22.3. The Morgan fingerprint density at radius 3 is 2.02 bits per heavy atom. The van der Waals surface area contributed by atoms with Crippen molar-refractivity contribution in [1.82, 2.24) is 10.2 Å². The van der Waals surface area contributed by atoms with Crippen LogP contribution in [-0.2, 0) is 32.6 Å². The Bertz CT molecular complexity index is 1410. The normalized spacial score (nSPS) is 12.3. The maximum Gasteiger partial charge on any atom is 0.244 e. The highest BCUT2D eigenvalue weighted by Gasteiger charge is 2.34. The van der Waals surface area contributed by atoms with Crippen molar-refractivity contribution in [3.05, 3.63) is 95.0 Å². The first-order valence-corrected chi connectivity index (χ1v) is 15.0. The van der Waals surface area contributed by atoms with Gasteiger partial charge in [-0.1, -0.05) is 72.3 Å². The van der Waals surface area contributed by atoms with Gasteiger partial charge in [-0.15, -0.1) is 0 Å². The third kappa shape index (κ3) is 8.72. The zero-order valence-electron chi connectivity index (χ0n) is 23.4. The van der Waals surface area contributed by atoms with Crippen LogP contribution in [0, 0.1) is 0 Å². The first kappa shape index (κ1) is 31.0. The molecule has 8 nitrogen and oxygen atoms in total. The second-order valence-corrected chi connectivity index (χ2v) is 12.9. The van der Waals surface area contributed by atoms with Crippen molar-refractivity contribution >= 4 is 39.1 Å². The third-order valence-electron chi connectivity index (χ3n) is 6.07. The number of benzene rings is 3. The number of halogens is 1. The van der Waals surface area contributed by atoms with Gasteiger partial charge in [0.15, 0.2) is 0 Å². The maximum atomic E-state index is 14.1. The quantitative estimate of drug-likeness (QED) is 0.353. The molecule has 0 aliphatic heterocycles. The van der Waals surface area contributed by atoms with Crippen LogP contribution in [0.4, 0.5) is 5.69 Å². The summed E-state index contributed by atoms with van der Waals surface area (Å²) in [5, 5.41) is 3.20. The number of amides is 2. The van der Waals surface area contributed by atoms with E-state index in [-0.39, 0.29) is 29.6 Å². The molecular formula is C30H36ClN3O5S. The summed E-state index contributed by atoms with van der Waals surface area (Å²) in [6.07, 6.45) is 1.27. The Labute approximate surface area is 241 Å². The number of hydrogen-bond acceptors (Lipinski definition) is 5. The average Bonchev–Trinajstić information content (AvgIpc) is 2.88. The van der Waals surface area contributed by atoms with Gasteiger partial charge in [0.05, 0.1) is 24.1 Å². The zero-order valence-corrected chi connectivity index (χ0v) is 25.0. The lowest BCUT2D eigenvalue weighted by Gasteiger charge is -2.35. The van der Waals surface area contributed by atoms with E-state index in [0.717, 1.165) is 21.7 Å². The topological polar surface area (TPSA) is 96.0 Å².